The van der Waals surface area contributed by atoms with Crippen molar-refractivity contribution in [3.05, 3.63) is 117 Å². The number of ketones is 1. The van der Waals surface area contributed by atoms with Crippen molar-refractivity contribution in [2.45, 2.75) is 16.1 Å². The van der Waals surface area contributed by atoms with E-state index in [0.717, 1.165) is 10.9 Å². The third-order valence-electron chi connectivity index (χ3n) is 6.20. The van der Waals surface area contributed by atoms with Gasteiger partial charge in [-0.1, -0.05) is 94.8 Å². The molecule has 0 saturated carbocycles. The first-order chi connectivity index (χ1) is 18.9. The molecule has 0 bridgehead atoms. The Bertz CT molecular complexity index is 1730. The molecule has 11 heteroatoms. The number of Topliss-reactive ketones (excluding diaryl/α,β-unsaturated/α-hetero) is 1. The van der Waals surface area contributed by atoms with E-state index in [2.05, 4.69) is 10.2 Å². The average molecular weight is 595 g/mol. The number of benzene rings is 3. The van der Waals surface area contributed by atoms with E-state index in [1.54, 1.807) is 42.5 Å². The molecule has 194 valence electrons. The van der Waals surface area contributed by atoms with E-state index in [1.165, 1.54) is 28.0 Å². The number of furan rings is 1. The fourth-order valence-corrected chi connectivity index (χ4v) is 6.61. The molecule has 1 atom stereocenters. The second-order valence-corrected chi connectivity index (χ2v) is 11.6. The summed E-state index contributed by atoms with van der Waals surface area (Å²) in [4.78, 5) is 28.4. The number of hydrogen-bond acceptors (Lipinski definition) is 8. The van der Waals surface area contributed by atoms with Crippen LogP contribution in [0.2, 0.25) is 10.0 Å². The van der Waals surface area contributed by atoms with Gasteiger partial charge in [-0.25, -0.2) is 0 Å². The van der Waals surface area contributed by atoms with Crippen LogP contribution in [0.1, 0.15) is 27.7 Å². The maximum atomic E-state index is 13.7. The standard InChI is InChI=1S/C28H17Cl2N3O4S2/c29-18-11-9-15(10-12-18)23-22(24(34)21-13-16-5-2-4-8-20(16)37-21)25(35)26(36)33(23)27-31-32-28(39-27)38-14-17-6-1-3-7-19(17)30/h1-13,23,35H,14H2/t23-/m1/s1. The second-order valence-electron chi connectivity index (χ2n) is 8.60. The van der Waals surface area contributed by atoms with Gasteiger partial charge in [0.2, 0.25) is 10.9 Å². The number of nitrogens with zero attached hydrogens (tertiary/aromatic N) is 3. The van der Waals surface area contributed by atoms with Gasteiger partial charge in [-0.3, -0.25) is 14.5 Å². The lowest BCUT2D eigenvalue weighted by atomic mass is 9.95. The van der Waals surface area contributed by atoms with Gasteiger partial charge in [-0.2, -0.15) is 0 Å². The Labute approximate surface area is 240 Å². The van der Waals surface area contributed by atoms with Crippen molar-refractivity contribution >= 4 is 74.1 Å². The molecule has 1 amide bonds. The fourth-order valence-electron chi connectivity index (χ4n) is 4.33. The molecule has 1 aliphatic heterocycles. The van der Waals surface area contributed by atoms with Crippen LogP contribution >= 0.6 is 46.3 Å². The van der Waals surface area contributed by atoms with Crippen LogP contribution < -0.4 is 4.90 Å². The lowest BCUT2D eigenvalue weighted by Gasteiger charge is -2.23. The first kappa shape index (κ1) is 25.6. The molecule has 39 heavy (non-hydrogen) atoms. The quantitative estimate of drug-likeness (QED) is 0.117. The Hall–Kier alpha value is -3.63. The van der Waals surface area contributed by atoms with E-state index in [4.69, 9.17) is 27.6 Å². The number of carbonyl (C=O) groups is 2. The van der Waals surface area contributed by atoms with Gasteiger partial charge in [0.05, 0.1) is 11.6 Å². The SMILES string of the molecule is O=C(C1=C(O)C(=O)N(c2nnc(SCc3ccccc3Cl)s2)[C@@H]1c1ccc(Cl)cc1)c1cc2ccccc2o1. The first-order valence-corrected chi connectivity index (χ1v) is 14.2. The van der Waals surface area contributed by atoms with Gasteiger partial charge in [0.25, 0.3) is 5.91 Å². The Morgan fingerprint density at radius 1 is 1.03 bits per heavy atom. The third-order valence-corrected chi connectivity index (χ3v) is 8.92. The number of anilines is 1. The molecule has 3 heterocycles. The van der Waals surface area contributed by atoms with Crippen molar-refractivity contribution in [3.8, 4) is 0 Å². The molecule has 1 N–H and O–H groups in total. The maximum Gasteiger partial charge on any atom is 0.296 e. The highest BCUT2D eigenvalue weighted by Gasteiger charge is 2.46. The highest BCUT2D eigenvalue weighted by atomic mass is 35.5. The highest BCUT2D eigenvalue weighted by Crippen LogP contribution is 2.44. The zero-order valence-corrected chi connectivity index (χ0v) is 23.0. The number of thioether (sulfide) groups is 1. The molecule has 6 rings (SSSR count). The Morgan fingerprint density at radius 2 is 1.77 bits per heavy atom. The van der Waals surface area contributed by atoms with Gasteiger partial charge in [0, 0.05) is 21.2 Å². The number of hydrogen-bond donors (Lipinski definition) is 1. The van der Waals surface area contributed by atoms with E-state index in [0.29, 0.717) is 31.3 Å². The molecular weight excluding hydrogens is 577 g/mol. The summed E-state index contributed by atoms with van der Waals surface area (Å²) in [6, 6.07) is 22.0. The number of aliphatic hydroxyl groups excluding tert-OH is 1. The van der Waals surface area contributed by atoms with Gasteiger partial charge in [0.1, 0.15) is 5.58 Å². The molecule has 1 aliphatic rings. The predicted octanol–water partition coefficient (Wildman–Crippen LogP) is 7.67. The minimum Gasteiger partial charge on any atom is -0.503 e. The Morgan fingerprint density at radius 3 is 2.54 bits per heavy atom. The summed E-state index contributed by atoms with van der Waals surface area (Å²) in [7, 11) is 0. The molecule has 0 radical (unpaired) electrons. The number of carbonyl (C=O) groups excluding carboxylic acids is 2. The molecule has 0 unspecified atom stereocenters. The van der Waals surface area contributed by atoms with Crippen LogP contribution in [0.5, 0.6) is 0 Å². The average Bonchev–Trinajstić information content (AvgIpc) is 3.65. The normalized spacial score (nSPS) is 15.5. The summed E-state index contributed by atoms with van der Waals surface area (Å²) in [6.07, 6.45) is 0. The molecule has 0 aliphatic carbocycles. The molecule has 3 aromatic carbocycles. The van der Waals surface area contributed by atoms with Crippen molar-refractivity contribution in [1.29, 1.82) is 0 Å². The summed E-state index contributed by atoms with van der Waals surface area (Å²) in [5.74, 6) is -1.45. The molecule has 7 nitrogen and oxygen atoms in total. The summed E-state index contributed by atoms with van der Waals surface area (Å²) >= 11 is 15.0. The Kier molecular flexibility index (Phi) is 6.90. The monoisotopic (exact) mass is 593 g/mol. The van der Waals surface area contributed by atoms with Crippen LogP contribution in [-0.4, -0.2) is 27.0 Å². The summed E-state index contributed by atoms with van der Waals surface area (Å²) in [5.41, 5.74) is 1.92. The van der Waals surface area contributed by atoms with Gasteiger partial charge in [-0.15, -0.1) is 10.2 Å². The fraction of sp³-hybridized carbons (Fsp3) is 0.0714. The van der Waals surface area contributed by atoms with Crippen LogP contribution in [0.4, 0.5) is 5.13 Å². The molecular formula is C28H17Cl2N3O4S2. The highest BCUT2D eigenvalue weighted by molar-refractivity contribution is 8.00. The van der Waals surface area contributed by atoms with E-state index >= 15 is 0 Å². The molecule has 0 spiro atoms. The third kappa shape index (κ3) is 4.83. The lowest BCUT2D eigenvalue weighted by Crippen LogP contribution is -2.31. The van der Waals surface area contributed by atoms with E-state index in [1.807, 2.05) is 36.4 Å². The van der Waals surface area contributed by atoms with Crippen LogP contribution in [0.15, 0.2) is 99.0 Å². The Balaban J connectivity index is 1.36. The van der Waals surface area contributed by atoms with E-state index < -0.39 is 23.5 Å². The van der Waals surface area contributed by atoms with Crippen molar-refractivity contribution < 1.29 is 19.1 Å². The zero-order valence-electron chi connectivity index (χ0n) is 19.9. The zero-order chi connectivity index (χ0) is 27.1. The minimum atomic E-state index is -0.968. The number of aromatic nitrogens is 2. The van der Waals surface area contributed by atoms with Crippen LogP contribution in [-0.2, 0) is 10.5 Å². The van der Waals surface area contributed by atoms with Crippen molar-refractivity contribution in [2.75, 3.05) is 4.90 Å². The predicted molar refractivity (Wildman–Crippen MR) is 153 cm³/mol. The first-order valence-electron chi connectivity index (χ1n) is 11.7. The van der Waals surface area contributed by atoms with E-state index in [-0.39, 0.29) is 16.5 Å². The van der Waals surface area contributed by atoms with E-state index in [9.17, 15) is 14.7 Å². The van der Waals surface area contributed by atoms with Crippen LogP contribution in [0, 0.1) is 0 Å². The van der Waals surface area contributed by atoms with Crippen molar-refractivity contribution in [2.24, 2.45) is 0 Å². The number of fused-ring (bicyclic) bond motifs is 1. The summed E-state index contributed by atoms with van der Waals surface area (Å²) < 4.78 is 6.37. The number of halogens is 2. The molecule has 2 aromatic heterocycles. The second kappa shape index (κ2) is 10.5. The minimum absolute atomic E-state index is 0.0135. The molecule has 0 saturated heterocycles. The van der Waals surface area contributed by atoms with Gasteiger partial charge >= 0.3 is 0 Å². The van der Waals surface area contributed by atoms with Gasteiger partial charge in [-0.05, 0) is 41.5 Å². The summed E-state index contributed by atoms with van der Waals surface area (Å²) in [5, 5.41) is 21.6. The van der Waals surface area contributed by atoms with Crippen molar-refractivity contribution in [1.82, 2.24) is 10.2 Å². The number of amides is 1. The van der Waals surface area contributed by atoms with Gasteiger partial charge in [0.15, 0.2) is 15.9 Å². The smallest absolute Gasteiger partial charge is 0.296 e. The van der Waals surface area contributed by atoms with Crippen LogP contribution in [0.25, 0.3) is 11.0 Å². The molecule has 0 fully saturated rings. The number of rotatable bonds is 7. The lowest BCUT2D eigenvalue weighted by molar-refractivity contribution is -0.117. The largest absolute Gasteiger partial charge is 0.503 e. The molecule has 5 aromatic rings. The summed E-state index contributed by atoms with van der Waals surface area (Å²) in [6.45, 7) is 0. The van der Waals surface area contributed by atoms with Gasteiger partial charge < -0.3 is 9.52 Å². The number of aliphatic hydroxyl groups is 1. The van der Waals surface area contributed by atoms with Crippen molar-refractivity contribution in [3.63, 3.8) is 0 Å². The topological polar surface area (TPSA) is 96.5 Å². The number of para-hydroxylation sites is 1. The van der Waals surface area contributed by atoms with Crippen LogP contribution in [0.3, 0.4) is 0 Å². The maximum absolute atomic E-state index is 13.7.